The maximum Gasteiger partial charge on any atom is 0.353 e. The molecule has 40 heavy (non-hydrogen) atoms. The van der Waals surface area contributed by atoms with Crippen molar-refractivity contribution in [3.8, 4) is 0 Å². The summed E-state index contributed by atoms with van der Waals surface area (Å²) < 4.78 is 18.4. The number of imidazole rings is 1. The van der Waals surface area contributed by atoms with Gasteiger partial charge in [0.2, 0.25) is 5.95 Å². The van der Waals surface area contributed by atoms with Crippen molar-refractivity contribution in [1.29, 1.82) is 0 Å². The number of hydrogen-bond acceptors (Lipinski definition) is 9. The van der Waals surface area contributed by atoms with Crippen LogP contribution >= 0.6 is 0 Å². The average molecular weight is 550 g/mol. The van der Waals surface area contributed by atoms with Gasteiger partial charge in [0.25, 0.3) is 5.91 Å². The number of ether oxygens (including phenoxy) is 1. The van der Waals surface area contributed by atoms with E-state index in [-0.39, 0.29) is 40.7 Å². The van der Waals surface area contributed by atoms with Crippen LogP contribution in [0.5, 0.6) is 0 Å². The summed E-state index contributed by atoms with van der Waals surface area (Å²) in [5.74, 6) is -2.67. The Bertz CT molecular complexity index is 1640. The molecule has 208 valence electrons. The zero-order valence-corrected chi connectivity index (χ0v) is 21.8. The molecule has 4 aromatic rings. The summed E-state index contributed by atoms with van der Waals surface area (Å²) in [4.78, 5) is 44.1. The molecule has 2 aromatic carbocycles. The van der Waals surface area contributed by atoms with Crippen molar-refractivity contribution in [1.82, 2.24) is 19.7 Å². The molecule has 2 heterocycles. The van der Waals surface area contributed by atoms with Gasteiger partial charge >= 0.3 is 11.9 Å². The molecule has 13 heteroatoms. The van der Waals surface area contributed by atoms with Gasteiger partial charge in [0.05, 0.1) is 18.7 Å². The number of nitrogens with two attached hydrogens (primary N) is 3. The summed E-state index contributed by atoms with van der Waals surface area (Å²) in [5.41, 5.74) is 20.3. The molecule has 1 aliphatic carbocycles. The lowest BCUT2D eigenvalue weighted by molar-refractivity contribution is 0.0599. The summed E-state index contributed by atoms with van der Waals surface area (Å²) in [6.45, 7) is 2.20. The molecule has 0 saturated heterocycles. The Morgan fingerprint density at radius 1 is 1.15 bits per heavy atom. The quantitative estimate of drug-likeness (QED) is 0.230. The Labute approximate surface area is 228 Å². The number of amides is 1. The third-order valence-electron chi connectivity index (χ3n) is 6.50. The predicted octanol–water partition coefficient (Wildman–Crippen LogP) is 2.39. The molecule has 2 aromatic heterocycles. The summed E-state index contributed by atoms with van der Waals surface area (Å²) in [7, 11) is 1.31. The fourth-order valence-electron chi connectivity index (χ4n) is 4.48. The van der Waals surface area contributed by atoms with Crippen LogP contribution in [0.1, 0.15) is 66.1 Å². The number of esters is 1. The summed E-state index contributed by atoms with van der Waals surface area (Å²) >= 11 is 0. The number of carbonyl (C=O) groups excluding carboxylic acids is 2. The Morgan fingerprint density at radius 3 is 2.55 bits per heavy atom. The van der Waals surface area contributed by atoms with Gasteiger partial charge < -0.3 is 32.4 Å². The van der Waals surface area contributed by atoms with Crippen LogP contribution in [0.15, 0.2) is 42.5 Å². The average Bonchev–Trinajstić information content (AvgIpc) is 3.48. The predicted molar refractivity (Wildman–Crippen MR) is 144 cm³/mol. The first kappa shape index (κ1) is 28.0. The number of fused-ring (bicyclic) bond motifs is 2. The smallest absolute Gasteiger partial charge is 0.353 e. The highest BCUT2D eigenvalue weighted by molar-refractivity contribution is 5.97. The number of nitrogen functional groups attached to an aromatic ring is 2. The third-order valence-corrected chi connectivity index (χ3v) is 6.50. The van der Waals surface area contributed by atoms with Gasteiger partial charge in [-0.2, -0.15) is 4.98 Å². The van der Waals surface area contributed by atoms with Gasteiger partial charge in [-0.05, 0) is 60.2 Å². The van der Waals surface area contributed by atoms with Crippen LogP contribution < -0.4 is 22.5 Å². The number of halogens is 1. The molecule has 1 amide bonds. The second-order valence-corrected chi connectivity index (χ2v) is 9.10. The largest absolute Gasteiger partial charge is 0.477 e. The van der Waals surface area contributed by atoms with Gasteiger partial charge in [0.15, 0.2) is 11.5 Å². The summed E-state index contributed by atoms with van der Waals surface area (Å²) in [6.07, 6.45) is 1.30. The monoisotopic (exact) mass is 549 g/mol. The van der Waals surface area contributed by atoms with Crippen LogP contribution in [-0.4, -0.2) is 44.4 Å². The normalized spacial score (nSPS) is 13.8. The SMILES string of the molecule is COC(=O)c1ccc2c(c1)CC[C@@H]2NC(=O)c1cc(C(=O)O)n2c(N)nc(N)c2n1.Cc1cc(CN)ccc1F. The van der Waals surface area contributed by atoms with Gasteiger partial charge in [-0.15, -0.1) is 0 Å². The number of aryl methyl sites for hydroxylation is 2. The molecular formula is C27H28FN7O5. The topological polar surface area (TPSA) is 201 Å². The van der Waals surface area contributed by atoms with Gasteiger partial charge in [0.1, 0.15) is 17.2 Å². The number of rotatable bonds is 5. The van der Waals surface area contributed by atoms with Crippen LogP contribution in [0.3, 0.4) is 0 Å². The molecule has 0 aliphatic heterocycles. The summed E-state index contributed by atoms with van der Waals surface area (Å²) in [5, 5.41) is 12.3. The highest BCUT2D eigenvalue weighted by atomic mass is 19.1. The van der Waals surface area contributed by atoms with E-state index in [2.05, 4.69) is 15.3 Å². The van der Waals surface area contributed by atoms with E-state index in [4.69, 9.17) is 21.9 Å². The third kappa shape index (κ3) is 5.54. The molecule has 1 atom stereocenters. The fraction of sp³-hybridized carbons (Fsp3) is 0.222. The number of carbonyl (C=O) groups is 3. The molecule has 12 nitrogen and oxygen atoms in total. The molecular weight excluding hydrogens is 521 g/mol. The van der Waals surface area contributed by atoms with E-state index in [1.807, 2.05) is 0 Å². The fourth-order valence-corrected chi connectivity index (χ4v) is 4.48. The molecule has 0 radical (unpaired) electrons. The van der Waals surface area contributed by atoms with Crippen molar-refractivity contribution in [3.05, 3.63) is 87.5 Å². The van der Waals surface area contributed by atoms with Gasteiger partial charge in [-0.1, -0.05) is 18.2 Å². The number of nitrogens with one attached hydrogen (secondary N) is 1. The van der Waals surface area contributed by atoms with Crippen molar-refractivity contribution in [2.75, 3.05) is 18.6 Å². The van der Waals surface area contributed by atoms with Crippen molar-refractivity contribution in [2.24, 2.45) is 5.73 Å². The van der Waals surface area contributed by atoms with Crippen LogP contribution in [0, 0.1) is 12.7 Å². The number of methoxy groups -OCH3 is 1. The first-order valence-corrected chi connectivity index (χ1v) is 12.2. The van der Waals surface area contributed by atoms with Crippen molar-refractivity contribution >= 4 is 35.3 Å². The maximum atomic E-state index is 12.8. The second kappa shape index (κ2) is 11.4. The van der Waals surface area contributed by atoms with Crippen molar-refractivity contribution in [2.45, 2.75) is 32.4 Å². The Hall–Kier alpha value is -5.04. The number of aromatic nitrogens is 3. The Balaban J connectivity index is 0.000000312. The van der Waals surface area contributed by atoms with E-state index >= 15 is 0 Å². The van der Waals surface area contributed by atoms with Gasteiger partial charge in [-0.25, -0.2) is 19.0 Å². The van der Waals surface area contributed by atoms with Crippen LogP contribution in [0.25, 0.3) is 5.65 Å². The van der Waals surface area contributed by atoms with E-state index in [9.17, 15) is 23.9 Å². The molecule has 5 rings (SSSR count). The molecule has 0 bridgehead atoms. The first-order chi connectivity index (χ1) is 19.0. The van der Waals surface area contributed by atoms with E-state index in [1.54, 1.807) is 37.3 Å². The van der Waals surface area contributed by atoms with Gasteiger partial charge in [-0.3, -0.25) is 9.20 Å². The lowest BCUT2D eigenvalue weighted by Crippen LogP contribution is -2.28. The number of nitrogens with zero attached hydrogens (tertiary/aromatic N) is 3. The van der Waals surface area contributed by atoms with Crippen LogP contribution in [-0.2, 0) is 17.7 Å². The lowest BCUT2D eigenvalue weighted by Gasteiger charge is -2.15. The Morgan fingerprint density at radius 2 is 1.90 bits per heavy atom. The summed E-state index contributed by atoms with van der Waals surface area (Å²) in [6, 6.07) is 10.9. The highest BCUT2D eigenvalue weighted by Crippen LogP contribution is 2.32. The first-order valence-electron chi connectivity index (χ1n) is 12.2. The van der Waals surface area contributed by atoms with Gasteiger partial charge in [0, 0.05) is 12.6 Å². The molecule has 8 N–H and O–H groups in total. The Kier molecular flexibility index (Phi) is 7.95. The van der Waals surface area contributed by atoms with Crippen LogP contribution in [0.4, 0.5) is 16.2 Å². The molecule has 0 unspecified atom stereocenters. The number of benzene rings is 2. The number of anilines is 2. The van der Waals surface area contributed by atoms with Crippen LogP contribution in [0.2, 0.25) is 0 Å². The minimum atomic E-state index is -1.30. The van der Waals surface area contributed by atoms with E-state index in [1.165, 1.54) is 13.2 Å². The minimum Gasteiger partial charge on any atom is -0.477 e. The number of carboxylic acids is 1. The number of hydrogen-bond donors (Lipinski definition) is 5. The molecule has 0 spiro atoms. The highest BCUT2D eigenvalue weighted by Gasteiger charge is 2.27. The van der Waals surface area contributed by atoms with E-state index < -0.39 is 17.8 Å². The van der Waals surface area contributed by atoms with E-state index in [0.717, 1.165) is 27.2 Å². The molecule has 0 fully saturated rings. The number of carboxylic acid groups (broad SMARTS) is 1. The maximum absolute atomic E-state index is 12.8. The van der Waals surface area contributed by atoms with Crippen molar-refractivity contribution in [3.63, 3.8) is 0 Å². The zero-order chi connectivity index (χ0) is 29.1. The van der Waals surface area contributed by atoms with E-state index in [0.29, 0.717) is 30.5 Å². The zero-order valence-electron chi connectivity index (χ0n) is 21.8. The molecule has 0 saturated carbocycles. The number of aromatic carboxylic acids is 1. The minimum absolute atomic E-state index is 0.00732. The second-order valence-electron chi connectivity index (χ2n) is 9.10. The standard InChI is InChI=1S/C19H18N6O5.C8H10FN/c1-30-18(29)9-2-4-10-8(6-9)3-5-11(10)23-16(26)12-7-13(17(27)28)25-15(22-12)14(20)24-19(25)21;1-6-4-7(5-10)2-3-8(6)9/h2,4,6-7,11H,3,5,20H2,1H3,(H2,21,24)(H,23,26)(H,27,28);2-4H,5,10H2,1H3/t11-;/m0./s1. The molecule has 1 aliphatic rings. The lowest BCUT2D eigenvalue weighted by atomic mass is 10.0. The van der Waals surface area contributed by atoms with Crippen molar-refractivity contribution < 1.29 is 28.6 Å².